The maximum absolute atomic E-state index is 5.53. The number of hydrogen-bond acceptors (Lipinski definition) is 5. The molecule has 1 aromatic rings. The fraction of sp³-hybridized carbons (Fsp3) is 0.667. The van der Waals surface area contributed by atoms with E-state index >= 15 is 0 Å². The molecular formula is C12H20N4O. The predicted molar refractivity (Wildman–Crippen MR) is 65.7 cm³/mol. The second-order valence-corrected chi connectivity index (χ2v) is 4.29. The number of hydrogen-bond donors (Lipinski definition) is 1. The van der Waals surface area contributed by atoms with Gasteiger partial charge in [-0.3, -0.25) is 4.90 Å². The first-order chi connectivity index (χ1) is 8.38. The molecule has 0 amide bonds. The van der Waals surface area contributed by atoms with E-state index in [0.29, 0.717) is 19.2 Å². The molecule has 0 spiro atoms. The lowest BCUT2D eigenvalue weighted by atomic mass is 10.1. The molecule has 0 atom stereocenters. The largest absolute Gasteiger partial charge is 0.462 e. The summed E-state index contributed by atoms with van der Waals surface area (Å²) >= 11 is 0. The first kappa shape index (κ1) is 12.3. The van der Waals surface area contributed by atoms with Crippen molar-refractivity contribution in [2.24, 2.45) is 5.73 Å². The van der Waals surface area contributed by atoms with Crippen molar-refractivity contribution in [3.8, 4) is 6.01 Å². The Bertz CT molecular complexity index is 339. The summed E-state index contributed by atoms with van der Waals surface area (Å²) in [5, 5.41) is 0. The van der Waals surface area contributed by atoms with Gasteiger partial charge in [-0.1, -0.05) is 6.42 Å². The number of nitrogens with two attached hydrogens (primary N) is 1. The fourth-order valence-electron chi connectivity index (χ4n) is 2.01. The monoisotopic (exact) mass is 236 g/mol. The minimum atomic E-state index is 0.422. The highest BCUT2D eigenvalue weighted by Gasteiger charge is 2.09. The standard InChI is InChI=1S/C12H20N4O/c13-10-11-4-5-14-12(15-11)17-9-8-16-6-2-1-3-7-16/h4-5H,1-3,6-10,13H2. The maximum Gasteiger partial charge on any atom is 0.316 e. The van der Waals surface area contributed by atoms with E-state index < -0.39 is 0 Å². The minimum Gasteiger partial charge on any atom is -0.462 e. The quantitative estimate of drug-likeness (QED) is 0.819. The average molecular weight is 236 g/mol. The van der Waals surface area contributed by atoms with E-state index in [1.54, 1.807) is 12.3 Å². The summed E-state index contributed by atoms with van der Waals surface area (Å²) in [4.78, 5) is 10.7. The van der Waals surface area contributed by atoms with Crippen LogP contribution in [-0.2, 0) is 6.54 Å². The van der Waals surface area contributed by atoms with Gasteiger partial charge in [0, 0.05) is 19.3 Å². The first-order valence-corrected chi connectivity index (χ1v) is 6.25. The second kappa shape index (κ2) is 6.51. The van der Waals surface area contributed by atoms with Gasteiger partial charge in [0.25, 0.3) is 0 Å². The highest BCUT2D eigenvalue weighted by atomic mass is 16.5. The number of ether oxygens (including phenoxy) is 1. The minimum absolute atomic E-state index is 0.422. The smallest absolute Gasteiger partial charge is 0.316 e. The lowest BCUT2D eigenvalue weighted by Gasteiger charge is -2.25. The molecule has 1 fully saturated rings. The van der Waals surface area contributed by atoms with E-state index in [-0.39, 0.29) is 0 Å². The Morgan fingerprint density at radius 1 is 1.29 bits per heavy atom. The third kappa shape index (κ3) is 3.94. The van der Waals surface area contributed by atoms with Gasteiger partial charge in [0.15, 0.2) is 0 Å². The molecule has 1 aliphatic rings. The van der Waals surface area contributed by atoms with E-state index in [1.165, 1.54) is 32.4 Å². The zero-order chi connectivity index (χ0) is 11.9. The van der Waals surface area contributed by atoms with E-state index in [1.807, 2.05) is 0 Å². The highest BCUT2D eigenvalue weighted by molar-refractivity contribution is 5.04. The van der Waals surface area contributed by atoms with Crippen molar-refractivity contribution in [3.63, 3.8) is 0 Å². The van der Waals surface area contributed by atoms with Crippen LogP contribution in [0.1, 0.15) is 25.0 Å². The topological polar surface area (TPSA) is 64.3 Å². The molecule has 0 radical (unpaired) electrons. The van der Waals surface area contributed by atoms with Gasteiger partial charge in [0.05, 0.1) is 5.69 Å². The lowest BCUT2D eigenvalue weighted by Crippen LogP contribution is -2.33. The molecule has 2 rings (SSSR count). The zero-order valence-corrected chi connectivity index (χ0v) is 10.1. The Morgan fingerprint density at radius 2 is 2.12 bits per heavy atom. The molecule has 0 saturated carbocycles. The van der Waals surface area contributed by atoms with Gasteiger partial charge in [0.2, 0.25) is 0 Å². The maximum atomic E-state index is 5.53. The molecule has 5 heteroatoms. The van der Waals surface area contributed by atoms with Crippen LogP contribution in [0.3, 0.4) is 0 Å². The summed E-state index contributed by atoms with van der Waals surface area (Å²) in [5.41, 5.74) is 6.32. The second-order valence-electron chi connectivity index (χ2n) is 4.29. The Morgan fingerprint density at radius 3 is 2.88 bits per heavy atom. The number of nitrogens with zero attached hydrogens (tertiary/aromatic N) is 3. The molecular weight excluding hydrogens is 216 g/mol. The highest BCUT2D eigenvalue weighted by Crippen LogP contribution is 2.08. The number of rotatable bonds is 5. The van der Waals surface area contributed by atoms with E-state index in [2.05, 4.69) is 14.9 Å². The van der Waals surface area contributed by atoms with Gasteiger partial charge < -0.3 is 10.5 Å². The summed E-state index contributed by atoms with van der Waals surface area (Å²) in [6.45, 7) is 4.40. The van der Waals surface area contributed by atoms with Gasteiger partial charge >= 0.3 is 6.01 Å². The van der Waals surface area contributed by atoms with Crippen molar-refractivity contribution in [2.75, 3.05) is 26.2 Å². The van der Waals surface area contributed by atoms with Crippen LogP contribution < -0.4 is 10.5 Å². The van der Waals surface area contributed by atoms with Crippen LogP contribution in [0.5, 0.6) is 6.01 Å². The van der Waals surface area contributed by atoms with Crippen molar-refractivity contribution in [1.29, 1.82) is 0 Å². The van der Waals surface area contributed by atoms with Crippen molar-refractivity contribution in [1.82, 2.24) is 14.9 Å². The van der Waals surface area contributed by atoms with Crippen molar-refractivity contribution in [2.45, 2.75) is 25.8 Å². The average Bonchev–Trinajstić information content (AvgIpc) is 2.40. The molecule has 17 heavy (non-hydrogen) atoms. The Kier molecular flexibility index (Phi) is 4.70. The Labute approximate surface area is 102 Å². The summed E-state index contributed by atoms with van der Waals surface area (Å²) < 4.78 is 5.53. The van der Waals surface area contributed by atoms with Crippen molar-refractivity contribution < 1.29 is 4.74 Å². The molecule has 1 aliphatic heterocycles. The molecule has 1 saturated heterocycles. The first-order valence-electron chi connectivity index (χ1n) is 6.25. The zero-order valence-electron chi connectivity index (χ0n) is 10.1. The summed E-state index contributed by atoms with van der Waals surface area (Å²) in [6.07, 6.45) is 5.66. The normalized spacial score (nSPS) is 17.0. The molecule has 94 valence electrons. The van der Waals surface area contributed by atoms with Crippen LogP contribution in [-0.4, -0.2) is 41.1 Å². The Hall–Kier alpha value is -1.20. The van der Waals surface area contributed by atoms with E-state index in [0.717, 1.165) is 12.2 Å². The molecule has 2 N–H and O–H groups in total. The predicted octanol–water partition coefficient (Wildman–Crippen LogP) is 0.800. The molecule has 0 bridgehead atoms. The number of piperidine rings is 1. The lowest BCUT2D eigenvalue weighted by molar-refractivity contribution is 0.177. The van der Waals surface area contributed by atoms with Gasteiger partial charge in [-0.05, 0) is 32.0 Å². The molecule has 0 aliphatic carbocycles. The van der Waals surface area contributed by atoms with Gasteiger partial charge in [-0.2, -0.15) is 4.98 Å². The van der Waals surface area contributed by atoms with Crippen LogP contribution in [0, 0.1) is 0 Å². The molecule has 2 heterocycles. The molecule has 0 aromatic carbocycles. The van der Waals surface area contributed by atoms with Gasteiger partial charge in [-0.25, -0.2) is 4.98 Å². The van der Waals surface area contributed by atoms with Crippen LogP contribution in [0.25, 0.3) is 0 Å². The molecule has 5 nitrogen and oxygen atoms in total. The summed E-state index contributed by atoms with van der Waals surface area (Å²) in [5.74, 6) is 0. The SMILES string of the molecule is NCc1ccnc(OCCN2CCCCC2)n1. The fourth-order valence-corrected chi connectivity index (χ4v) is 2.01. The van der Waals surface area contributed by atoms with Crippen molar-refractivity contribution >= 4 is 0 Å². The Balaban J connectivity index is 1.73. The molecule has 0 unspecified atom stereocenters. The third-order valence-corrected chi connectivity index (χ3v) is 2.99. The van der Waals surface area contributed by atoms with Gasteiger partial charge in [-0.15, -0.1) is 0 Å². The third-order valence-electron chi connectivity index (χ3n) is 2.99. The van der Waals surface area contributed by atoms with E-state index in [4.69, 9.17) is 10.5 Å². The van der Waals surface area contributed by atoms with Crippen molar-refractivity contribution in [3.05, 3.63) is 18.0 Å². The van der Waals surface area contributed by atoms with Gasteiger partial charge in [0.1, 0.15) is 6.61 Å². The summed E-state index contributed by atoms with van der Waals surface area (Å²) in [6, 6.07) is 2.24. The van der Waals surface area contributed by atoms with Crippen LogP contribution in [0.2, 0.25) is 0 Å². The number of aromatic nitrogens is 2. The van der Waals surface area contributed by atoms with Crippen LogP contribution in [0.4, 0.5) is 0 Å². The summed E-state index contributed by atoms with van der Waals surface area (Å²) in [7, 11) is 0. The van der Waals surface area contributed by atoms with Crippen LogP contribution in [0.15, 0.2) is 12.3 Å². The molecule has 1 aromatic heterocycles. The van der Waals surface area contributed by atoms with E-state index in [9.17, 15) is 0 Å². The number of likely N-dealkylation sites (tertiary alicyclic amines) is 1. The van der Waals surface area contributed by atoms with Crippen LogP contribution >= 0.6 is 0 Å².